The average Bonchev–Trinajstić information content (AvgIpc) is 2.69. The molecule has 2 aliphatic rings. The molecule has 2 saturated heterocycles. The Kier molecular flexibility index (Phi) is 4.23. The summed E-state index contributed by atoms with van der Waals surface area (Å²) in [4.78, 5) is 2.53. The second-order valence-corrected chi connectivity index (χ2v) is 5.98. The van der Waals surface area contributed by atoms with Crippen molar-refractivity contribution in [3.05, 3.63) is 11.1 Å². The molecule has 2 atom stereocenters. The van der Waals surface area contributed by atoms with E-state index in [1.807, 2.05) is 0 Å². The first-order valence-corrected chi connectivity index (χ1v) is 6.84. The lowest BCUT2D eigenvalue weighted by Gasteiger charge is -2.35. The van der Waals surface area contributed by atoms with Crippen molar-refractivity contribution in [3.8, 4) is 0 Å². The van der Waals surface area contributed by atoms with Gasteiger partial charge < -0.3 is 5.32 Å². The molecule has 0 amide bonds. The Bertz CT molecular complexity index is 224. The van der Waals surface area contributed by atoms with Gasteiger partial charge in [0.05, 0.1) is 0 Å². The van der Waals surface area contributed by atoms with Crippen molar-refractivity contribution in [2.75, 3.05) is 26.2 Å². The van der Waals surface area contributed by atoms with Crippen molar-refractivity contribution >= 4 is 15.9 Å². The molecule has 2 aliphatic heterocycles. The summed E-state index contributed by atoms with van der Waals surface area (Å²) in [5.74, 6) is 0.869. The molecular formula is C12H21BrN2. The minimum absolute atomic E-state index is 0.788. The smallest absolute Gasteiger partial charge is 0.0294 e. The molecule has 0 bridgehead atoms. The third-order valence-electron chi connectivity index (χ3n) is 3.60. The van der Waals surface area contributed by atoms with Gasteiger partial charge in [0.25, 0.3) is 0 Å². The Labute approximate surface area is 101 Å². The molecule has 2 rings (SSSR count). The normalized spacial score (nSPS) is 33.1. The van der Waals surface area contributed by atoms with Crippen molar-refractivity contribution in [2.45, 2.75) is 31.7 Å². The van der Waals surface area contributed by atoms with Gasteiger partial charge in [0.2, 0.25) is 0 Å². The number of hydrogen-bond acceptors (Lipinski definition) is 2. The standard InChI is InChI=1S/C12H21BrN2/c1-10(13)8-15-7-3-4-11(9-15)12-5-2-6-14-12/h11-12,14H,1-9H2. The van der Waals surface area contributed by atoms with Crippen LogP contribution in [-0.2, 0) is 0 Å². The molecule has 0 aliphatic carbocycles. The first-order valence-electron chi connectivity index (χ1n) is 6.05. The number of halogens is 1. The van der Waals surface area contributed by atoms with Crippen molar-refractivity contribution in [1.82, 2.24) is 10.2 Å². The quantitative estimate of drug-likeness (QED) is 0.849. The van der Waals surface area contributed by atoms with Crippen molar-refractivity contribution in [3.63, 3.8) is 0 Å². The van der Waals surface area contributed by atoms with E-state index in [1.165, 1.54) is 45.3 Å². The van der Waals surface area contributed by atoms with E-state index in [4.69, 9.17) is 0 Å². The zero-order valence-corrected chi connectivity index (χ0v) is 10.9. The molecule has 0 aromatic rings. The van der Waals surface area contributed by atoms with Gasteiger partial charge in [-0.1, -0.05) is 22.5 Å². The van der Waals surface area contributed by atoms with Crippen LogP contribution in [0.4, 0.5) is 0 Å². The summed E-state index contributed by atoms with van der Waals surface area (Å²) < 4.78 is 1.11. The van der Waals surface area contributed by atoms with Crippen LogP contribution < -0.4 is 5.32 Å². The summed E-state index contributed by atoms with van der Waals surface area (Å²) in [6, 6.07) is 0.788. The largest absolute Gasteiger partial charge is 0.314 e. The van der Waals surface area contributed by atoms with E-state index in [2.05, 4.69) is 32.7 Å². The molecule has 0 aromatic heterocycles. The third kappa shape index (κ3) is 3.30. The molecular weight excluding hydrogens is 252 g/mol. The van der Waals surface area contributed by atoms with Crippen LogP contribution in [0.1, 0.15) is 25.7 Å². The Balaban J connectivity index is 1.83. The predicted octanol–water partition coefficient (Wildman–Crippen LogP) is 2.36. The molecule has 2 fully saturated rings. The van der Waals surface area contributed by atoms with Crippen LogP contribution in [0.5, 0.6) is 0 Å². The van der Waals surface area contributed by atoms with Crippen molar-refractivity contribution in [2.24, 2.45) is 5.92 Å². The molecule has 0 aromatic carbocycles. The molecule has 3 heteroatoms. The van der Waals surface area contributed by atoms with Crippen LogP contribution in [0.25, 0.3) is 0 Å². The molecule has 2 unspecified atom stereocenters. The Morgan fingerprint density at radius 2 is 2.27 bits per heavy atom. The first-order chi connectivity index (χ1) is 7.25. The second-order valence-electron chi connectivity index (χ2n) is 4.86. The summed E-state index contributed by atoms with van der Waals surface area (Å²) >= 11 is 3.46. The van der Waals surface area contributed by atoms with Crippen LogP contribution in [-0.4, -0.2) is 37.1 Å². The van der Waals surface area contributed by atoms with Gasteiger partial charge in [0, 0.05) is 23.6 Å². The van der Waals surface area contributed by atoms with Crippen LogP contribution >= 0.6 is 15.9 Å². The van der Waals surface area contributed by atoms with Gasteiger partial charge in [0.15, 0.2) is 0 Å². The van der Waals surface area contributed by atoms with Crippen LogP contribution in [0.15, 0.2) is 11.1 Å². The van der Waals surface area contributed by atoms with E-state index in [1.54, 1.807) is 0 Å². The highest BCUT2D eigenvalue weighted by atomic mass is 79.9. The van der Waals surface area contributed by atoms with E-state index >= 15 is 0 Å². The number of rotatable bonds is 3. The Morgan fingerprint density at radius 1 is 1.40 bits per heavy atom. The van der Waals surface area contributed by atoms with Crippen LogP contribution in [0.3, 0.4) is 0 Å². The van der Waals surface area contributed by atoms with Gasteiger partial charge in [0.1, 0.15) is 0 Å². The monoisotopic (exact) mass is 272 g/mol. The lowest BCUT2D eigenvalue weighted by molar-refractivity contribution is 0.164. The summed E-state index contributed by atoms with van der Waals surface area (Å²) in [6.07, 6.45) is 5.51. The molecule has 2 nitrogen and oxygen atoms in total. The molecule has 15 heavy (non-hydrogen) atoms. The lowest BCUT2D eigenvalue weighted by atomic mass is 9.90. The fourth-order valence-corrected chi connectivity index (χ4v) is 3.27. The topological polar surface area (TPSA) is 15.3 Å². The number of piperidine rings is 1. The second kappa shape index (κ2) is 5.46. The molecule has 2 heterocycles. The maximum atomic E-state index is 3.93. The molecule has 86 valence electrons. The van der Waals surface area contributed by atoms with Crippen LogP contribution in [0.2, 0.25) is 0 Å². The zero-order valence-electron chi connectivity index (χ0n) is 9.34. The predicted molar refractivity (Wildman–Crippen MR) is 68.3 cm³/mol. The highest BCUT2D eigenvalue weighted by molar-refractivity contribution is 9.11. The van der Waals surface area contributed by atoms with Crippen molar-refractivity contribution in [1.29, 1.82) is 0 Å². The minimum Gasteiger partial charge on any atom is -0.314 e. The van der Waals surface area contributed by atoms with Crippen molar-refractivity contribution < 1.29 is 0 Å². The van der Waals surface area contributed by atoms with E-state index in [9.17, 15) is 0 Å². The number of nitrogens with one attached hydrogen (secondary N) is 1. The number of hydrogen-bond donors (Lipinski definition) is 1. The lowest BCUT2D eigenvalue weighted by Crippen LogP contribution is -2.43. The maximum absolute atomic E-state index is 3.93. The summed E-state index contributed by atoms with van der Waals surface area (Å²) in [6.45, 7) is 8.67. The highest BCUT2D eigenvalue weighted by Crippen LogP contribution is 2.25. The fourth-order valence-electron chi connectivity index (χ4n) is 2.92. The van der Waals surface area contributed by atoms with E-state index in [0.29, 0.717) is 0 Å². The molecule has 0 radical (unpaired) electrons. The molecule has 1 N–H and O–H groups in total. The minimum atomic E-state index is 0.788. The molecule has 0 spiro atoms. The van der Waals surface area contributed by atoms with Gasteiger partial charge in [-0.2, -0.15) is 0 Å². The fraction of sp³-hybridized carbons (Fsp3) is 0.833. The average molecular weight is 273 g/mol. The third-order valence-corrected chi connectivity index (χ3v) is 3.86. The van der Waals surface area contributed by atoms with Crippen LogP contribution in [0, 0.1) is 5.92 Å². The van der Waals surface area contributed by atoms with Gasteiger partial charge >= 0.3 is 0 Å². The Morgan fingerprint density at radius 3 is 2.93 bits per heavy atom. The summed E-state index contributed by atoms with van der Waals surface area (Å²) in [5, 5.41) is 3.64. The van der Waals surface area contributed by atoms with Gasteiger partial charge in [-0.3, -0.25) is 4.90 Å². The van der Waals surface area contributed by atoms with E-state index in [-0.39, 0.29) is 0 Å². The summed E-state index contributed by atoms with van der Waals surface area (Å²) in [5.41, 5.74) is 0. The first kappa shape index (κ1) is 11.6. The summed E-state index contributed by atoms with van der Waals surface area (Å²) in [7, 11) is 0. The number of likely N-dealkylation sites (tertiary alicyclic amines) is 1. The van der Waals surface area contributed by atoms with E-state index < -0.39 is 0 Å². The maximum Gasteiger partial charge on any atom is 0.0294 e. The zero-order chi connectivity index (χ0) is 10.7. The van der Waals surface area contributed by atoms with Gasteiger partial charge in [-0.15, -0.1) is 0 Å². The van der Waals surface area contributed by atoms with E-state index in [0.717, 1.165) is 23.0 Å². The SMILES string of the molecule is C=C(Br)CN1CCCC(C2CCCN2)C1. The Hall–Kier alpha value is 0.140. The highest BCUT2D eigenvalue weighted by Gasteiger charge is 2.28. The van der Waals surface area contributed by atoms with Gasteiger partial charge in [-0.05, 0) is 44.7 Å². The van der Waals surface area contributed by atoms with Gasteiger partial charge in [-0.25, -0.2) is 0 Å². The number of nitrogens with zero attached hydrogens (tertiary/aromatic N) is 1. The molecule has 0 saturated carbocycles.